The van der Waals surface area contributed by atoms with Crippen LogP contribution in [0.15, 0.2) is 45.9 Å². The number of hydrogen-bond acceptors (Lipinski definition) is 4. The maximum Gasteiger partial charge on any atom is 0.306 e. The van der Waals surface area contributed by atoms with Crippen LogP contribution in [0.25, 0.3) is 0 Å². The summed E-state index contributed by atoms with van der Waals surface area (Å²) in [5.74, 6) is -0.896. The van der Waals surface area contributed by atoms with Gasteiger partial charge in [-0.25, -0.2) is 0 Å². The van der Waals surface area contributed by atoms with Gasteiger partial charge in [0.25, 0.3) is 0 Å². The van der Waals surface area contributed by atoms with E-state index in [0.717, 1.165) is 16.6 Å². The number of benzene rings is 2. The smallest absolute Gasteiger partial charge is 0.306 e. The zero-order valence-corrected chi connectivity index (χ0v) is 11.5. The Hall–Kier alpha value is -2.28. The predicted molar refractivity (Wildman–Crippen MR) is 76.1 cm³/mol. The molecule has 0 aliphatic heterocycles. The van der Waals surface area contributed by atoms with Crippen molar-refractivity contribution in [3.63, 3.8) is 0 Å². The molecule has 0 spiro atoms. The number of nitrogens with zero attached hydrogens (tertiary/aromatic N) is 2. The van der Waals surface area contributed by atoms with E-state index in [0.29, 0.717) is 5.56 Å². The second-order valence-electron chi connectivity index (χ2n) is 3.85. The molecular formula is C13H8BrFN2O3. The predicted octanol–water partition coefficient (Wildman–Crippen LogP) is 3.95. The Bertz CT molecular complexity index is 704. The average Bonchev–Trinajstić information content (AvgIpc) is 2.41. The summed E-state index contributed by atoms with van der Waals surface area (Å²) in [5, 5.41) is 20.2. The van der Waals surface area contributed by atoms with Gasteiger partial charge < -0.3 is 5.11 Å². The number of aromatic hydroxyl groups is 1. The highest BCUT2D eigenvalue weighted by atomic mass is 79.9. The molecule has 0 aliphatic carbocycles. The number of hydrogen-bond donors (Lipinski definition) is 1. The van der Waals surface area contributed by atoms with Crippen molar-refractivity contribution >= 4 is 33.5 Å². The summed E-state index contributed by atoms with van der Waals surface area (Å²) in [6.07, 6.45) is 1.34. The van der Waals surface area contributed by atoms with Crippen LogP contribution in [0.3, 0.4) is 0 Å². The van der Waals surface area contributed by atoms with Gasteiger partial charge in [-0.2, -0.15) is 4.39 Å². The molecule has 0 atom stereocenters. The molecule has 2 aromatic rings. The van der Waals surface area contributed by atoms with Crippen molar-refractivity contribution < 1.29 is 14.4 Å². The molecule has 0 fully saturated rings. The van der Waals surface area contributed by atoms with E-state index in [9.17, 15) is 19.6 Å². The SMILES string of the molecule is O=[N+]([O-])c1cc(N=Cc2cc(Br)ccc2O)ccc1F. The number of phenolic OH excluding ortho intramolecular Hbond substituents is 1. The Balaban J connectivity index is 2.34. The van der Waals surface area contributed by atoms with Crippen molar-refractivity contribution in [3.05, 3.63) is 62.4 Å². The Morgan fingerprint density at radius 2 is 2.05 bits per heavy atom. The van der Waals surface area contributed by atoms with Crippen molar-refractivity contribution in [2.75, 3.05) is 0 Å². The van der Waals surface area contributed by atoms with Gasteiger partial charge in [0.05, 0.1) is 10.6 Å². The van der Waals surface area contributed by atoms with Crippen LogP contribution in [0.1, 0.15) is 5.56 Å². The fourth-order valence-corrected chi connectivity index (χ4v) is 1.87. The van der Waals surface area contributed by atoms with Crippen LogP contribution in [0.5, 0.6) is 5.75 Å². The fourth-order valence-electron chi connectivity index (χ4n) is 1.49. The van der Waals surface area contributed by atoms with E-state index in [1.807, 2.05) is 0 Å². The third-order valence-corrected chi connectivity index (χ3v) is 2.96. The van der Waals surface area contributed by atoms with E-state index in [4.69, 9.17) is 0 Å². The van der Waals surface area contributed by atoms with E-state index in [2.05, 4.69) is 20.9 Å². The van der Waals surface area contributed by atoms with Gasteiger partial charge >= 0.3 is 5.69 Å². The Labute approximate surface area is 121 Å². The largest absolute Gasteiger partial charge is 0.507 e. The molecule has 0 saturated heterocycles. The highest BCUT2D eigenvalue weighted by Crippen LogP contribution is 2.25. The molecule has 20 heavy (non-hydrogen) atoms. The molecule has 102 valence electrons. The number of halogens is 2. The Morgan fingerprint density at radius 3 is 2.75 bits per heavy atom. The summed E-state index contributed by atoms with van der Waals surface area (Å²) in [6.45, 7) is 0. The van der Waals surface area contributed by atoms with Gasteiger partial charge in [-0.1, -0.05) is 15.9 Å². The van der Waals surface area contributed by atoms with Gasteiger partial charge in [-0.15, -0.1) is 0 Å². The molecule has 0 aromatic heterocycles. The second-order valence-corrected chi connectivity index (χ2v) is 4.77. The summed E-state index contributed by atoms with van der Waals surface area (Å²) >= 11 is 3.25. The molecular weight excluding hydrogens is 331 g/mol. The summed E-state index contributed by atoms with van der Waals surface area (Å²) in [6, 6.07) is 8.10. The minimum Gasteiger partial charge on any atom is -0.507 e. The first kappa shape index (κ1) is 14.1. The molecule has 0 aliphatic rings. The molecule has 7 heteroatoms. The van der Waals surface area contributed by atoms with Crippen molar-refractivity contribution in [2.45, 2.75) is 0 Å². The highest BCUT2D eigenvalue weighted by Gasteiger charge is 2.13. The summed E-state index contributed by atoms with van der Waals surface area (Å²) in [4.78, 5) is 13.8. The third kappa shape index (κ3) is 3.18. The number of phenols is 1. The Morgan fingerprint density at radius 1 is 1.30 bits per heavy atom. The number of nitro benzene ring substituents is 1. The quantitative estimate of drug-likeness (QED) is 0.523. The van der Waals surface area contributed by atoms with E-state index in [1.54, 1.807) is 12.1 Å². The highest BCUT2D eigenvalue weighted by molar-refractivity contribution is 9.10. The number of rotatable bonds is 3. The lowest BCUT2D eigenvalue weighted by atomic mass is 10.2. The minimum atomic E-state index is -0.917. The maximum absolute atomic E-state index is 13.2. The van der Waals surface area contributed by atoms with Crippen molar-refractivity contribution in [1.82, 2.24) is 0 Å². The molecule has 2 rings (SSSR count). The van der Waals surface area contributed by atoms with Gasteiger partial charge in [-0.3, -0.25) is 15.1 Å². The molecule has 5 nitrogen and oxygen atoms in total. The van der Waals surface area contributed by atoms with Crippen LogP contribution in [0.2, 0.25) is 0 Å². The summed E-state index contributed by atoms with van der Waals surface area (Å²) in [5.41, 5.74) is 0.0157. The van der Waals surface area contributed by atoms with Gasteiger partial charge in [0, 0.05) is 22.3 Å². The third-order valence-electron chi connectivity index (χ3n) is 2.47. The lowest BCUT2D eigenvalue weighted by Crippen LogP contribution is -1.91. The first-order valence-electron chi connectivity index (χ1n) is 5.44. The summed E-state index contributed by atoms with van der Waals surface area (Å²) in [7, 11) is 0. The van der Waals surface area contributed by atoms with Crippen LogP contribution in [0.4, 0.5) is 15.8 Å². The van der Waals surface area contributed by atoms with Gasteiger partial charge in [0.2, 0.25) is 5.82 Å². The minimum absolute atomic E-state index is 0.0218. The van der Waals surface area contributed by atoms with E-state index < -0.39 is 16.4 Å². The van der Waals surface area contributed by atoms with Gasteiger partial charge in [0.15, 0.2) is 0 Å². The second kappa shape index (κ2) is 5.79. The average molecular weight is 339 g/mol. The topological polar surface area (TPSA) is 75.7 Å². The molecule has 1 N–H and O–H groups in total. The molecule has 0 heterocycles. The maximum atomic E-state index is 13.2. The number of nitro groups is 1. The fraction of sp³-hybridized carbons (Fsp3) is 0. The first-order valence-corrected chi connectivity index (χ1v) is 6.23. The molecule has 0 amide bonds. The van der Waals surface area contributed by atoms with E-state index in [-0.39, 0.29) is 11.4 Å². The molecule has 0 unspecified atom stereocenters. The standard InChI is InChI=1S/C13H8BrFN2O3/c14-9-1-4-13(18)8(5-9)7-16-10-2-3-11(15)12(6-10)17(19)20/h1-7,18H. The van der Waals surface area contributed by atoms with Crippen LogP contribution in [-0.4, -0.2) is 16.2 Å². The number of aliphatic imine (C=N–C) groups is 1. The molecule has 2 aromatic carbocycles. The monoisotopic (exact) mass is 338 g/mol. The Kier molecular flexibility index (Phi) is 4.09. The van der Waals surface area contributed by atoms with Crippen molar-refractivity contribution in [2.24, 2.45) is 4.99 Å². The van der Waals surface area contributed by atoms with Crippen molar-refractivity contribution in [3.8, 4) is 5.75 Å². The lowest BCUT2D eigenvalue weighted by molar-refractivity contribution is -0.387. The zero-order chi connectivity index (χ0) is 14.7. The molecule has 0 bridgehead atoms. The molecule has 0 radical (unpaired) electrons. The van der Waals surface area contributed by atoms with E-state index >= 15 is 0 Å². The first-order chi connectivity index (χ1) is 9.47. The van der Waals surface area contributed by atoms with Crippen LogP contribution in [0, 0.1) is 15.9 Å². The van der Waals surface area contributed by atoms with Gasteiger partial charge in [0.1, 0.15) is 5.75 Å². The van der Waals surface area contributed by atoms with Crippen molar-refractivity contribution in [1.29, 1.82) is 0 Å². The zero-order valence-electron chi connectivity index (χ0n) is 9.96. The van der Waals surface area contributed by atoms with Crippen LogP contribution >= 0.6 is 15.9 Å². The summed E-state index contributed by atoms with van der Waals surface area (Å²) < 4.78 is 13.9. The normalized spacial score (nSPS) is 10.9. The molecule has 0 saturated carbocycles. The van der Waals surface area contributed by atoms with E-state index in [1.165, 1.54) is 18.3 Å². The van der Waals surface area contributed by atoms with Crippen LogP contribution < -0.4 is 0 Å². The van der Waals surface area contributed by atoms with Crippen LogP contribution in [-0.2, 0) is 0 Å². The lowest BCUT2D eigenvalue weighted by Gasteiger charge is -2.00. The van der Waals surface area contributed by atoms with Gasteiger partial charge in [-0.05, 0) is 30.3 Å².